The van der Waals surface area contributed by atoms with Gasteiger partial charge in [-0.2, -0.15) is 13.2 Å². The molecule has 1 saturated heterocycles. The minimum absolute atomic E-state index is 0.0798. The lowest BCUT2D eigenvalue weighted by Crippen LogP contribution is -2.35. The predicted molar refractivity (Wildman–Crippen MR) is 99.6 cm³/mol. The summed E-state index contributed by atoms with van der Waals surface area (Å²) < 4.78 is 43.5. The van der Waals surface area contributed by atoms with E-state index in [-0.39, 0.29) is 5.91 Å². The molecule has 0 aliphatic carbocycles. The van der Waals surface area contributed by atoms with E-state index in [2.05, 4.69) is 4.98 Å². The number of carbonyl (C=O) groups excluding carboxylic acids is 1. The third kappa shape index (κ3) is 4.74. The minimum Gasteiger partial charge on any atom is -0.494 e. The second-order valence-electron chi connectivity index (χ2n) is 6.50. The molecule has 1 aliphatic rings. The lowest BCUT2D eigenvalue weighted by Gasteiger charge is -2.23. The number of ether oxygens (including phenoxy) is 1. The van der Waals surface area contributed by atoms with E-state index in [0.29, 0.717) is 56.3 Å². The van der Waals surface area contributed by atoms with Gasteiger partial charge < -0.3 is 14.5 Å². The van der Waals surface area contributed by atoms with Gasteiger partial charge in [0.25, 0.3) is 5.91 Å². The molecule has 5 nitrogen and oxygen atoms in total. The maximum atomic E-state index is 12.8. The van der Waals surface area contributed by atoms with E-state index in [0.717, 1.165) is 12.3 Å². The van der Waals surface area contributed by atoms with Crippen molar-refractivity contribution < 1.29 is 22.7 Å². The summed E-state index contributed by atoms with van der Waals surface area (Å²) in [5, 5.41) is 0. The molecule has 1 aromatic carbocycles. The van der Waals surface area contributed by atoms with E-state index in [9.17, 15) is 18.0 Å². The predicted octanol–water partition coefficient (Wildman–Crippen LogP) is 3.85. The standard InChI is InChI=1S/C20H22F3N3O2/c1-2-28-17-6-3-5-15(13-17)19(27)26-10-4-9-25(11-12-26)18-8-7-16(14-24-18)20(21,22)23/h3,5-8,13-14H,2,4,9-12H2,1H3. The van der Waals surface area contributed by atoms with Crippen LogP contribution >= 0.6 is 0 Å². The Balaban J connectivity index is 1.66. The molecule has 2 heterocycles. The van der Waals surface area contributed by atoms with Gasteiger partial charge in [0.05, 0.1) is 12.2 Å². The van der Waals surface area contributed by atoms with Crippen LogP contribution in [-0.4, -0.2) is 48.6 Å². The molecule has 0 N–H and O–H groups in total. The number of aromatic nitrogens is 1. The van der Waals surface area contributed by atoms with Gasteiger partial charge in [-0.15, -0.1) is 0 Å². The molecule has 1 aromatic heterocycles. The number of benzene rings is 1. The molecule has 0 saturated carbocycles. The Bertz CT molecular complexity index is 809. The van der Waals surface area contributed by atoms with Crippen molar-refractivity contribution >= 4 is 11.7 Å². The number of anilines is 1. The van der Waals surface area contributed by atoms with E-state index in [4.69, 9.17) is 4.74 Å². The van der Waals surface area contributed by atoms with Crippen LogP contribution < -0.4 is 9.64 Å². The first-order valence-corrected chi connectivity index (χ1v) is 9.19. The fraction of sp³-hybridized carbons (Fsp3) is 0.400. The minimum atomic E-state index is -4.40. The number of hydrogen-bond acceptors (Lipinski definition) is 4. The number of hydrogen-bond donors (Lipinski definition) is 0. The molecule has 0 bridgehead atoms. The third-order valence-electron chi connectivity index (χ3n) is 4.57. The number of halogens is 3. The van der Waals surface area contributed by atoms with Crippen molar-refractivity contribution in [2.24, 2.45) is 0 Å². The molecular formula is C20H22F3N3O2. The topological polar surface area (TPSA) is 45.7 Å². The van der Waals surface area contributed by atoms with Crippen LogP contribution in [0.4, 0.5) is 19.0 Å². The monoisotopic (exact) mass is 393 g/mol. The van der Waals surface area contributed by atoms with Crippen LogP contribution in [0.3, 0.4) is 0 Å². The number of pyridine rings is 1. The van der Waals surface area contributed by atoms with Gasteiger partial charge in [0, 0.05) is 37.9 Å². The van der Waals surface area contributed by atoms with Crippen molar-refractivity contribution in [1.29, 1.82) is 0 Å². The maximum absolute atomic E-state index is 12.8. The molecule has 8 heteroatoms. The molecule has 1 aliphatic heterocycles. The van der Waals surface area contributed by atoms with Gasteiger partial charge in [-0.3, -0.25) is 4.79 Å². The molecule has 0 atom stereocenters. The summed E-state index contributed by atoms with van der Waals surface area (Å²) in [4.78, 5) is 20.4. The van der Waals surface area contributed by atoms with E-state index < -0.39 is 11.7 Å². The second-order valence-corrected chi connectivity index (χ2v) is 6.50. The SMILES string of the molecule is CCOc1cccc(C(=O)N2CCCN(c3ccc(C(F)(F)F)cn3)CC2)c1. The van der Waals surface area contributed by atoms with Crippen LogP contribution in [0, 0.1) is 0 Å². The highest BCUT2D eigenvalue weighted by molar-refractivity contribution is 5.94. The van der Waals surface area contributed by atoms with Crippen molar-refractivity contribution in [3.8, 4) is 5.75 Å². The summed E-state index contributed by atoms with van der Waals surface area (Å²) in [5.41, 5.74) is -0.205. The van der Waals surface area contributed by atoms with Gasteiger partial charge in [-0.1, -0.05) is 6.07 Å². The molecule has 0 radical (unpaired) electrons. The number of nitrogens with zero attached hydrogens (tertiary/aromatic N) is 3. The Labute approximate surface area is 161 Å². The molecule has 2 aromatic rings. The summed E-state index contributed by atoms with van der Waals surface area (Å²) >= 11 is 0. The normalized spacial score (nSPS) is 15.3. The van der Waals surface area contributed by atoms with Gasteiger partial charge in [-0.25, -0.2) is 4.98 Å². The number of carbonyl (C=O) groups is 1. The van der Waals surface area contributed by atoms with Gasteiger partial charge in [0.1, 0.15) is 11.6 Å². The summed E-state index contributed by atoms with van der Waals surface area (Å²) in [6.45, 7) is 4.59. The number of amides is 1. The Morgan fingerprint density at radius 3 is 2.64 bits per heavy atom. The highest BCUT2D eigenvalue weighted by Crippen LogP contribution is 2.29. The van der Waals surface area contributed by atoms with Crippen molar-refractivity contribution in [1.82, 2.24) is 9.88 Å². The molecule has 3 rings (SSSR count). The number of rotatable bonds is 4. The number of alkyl halides is 3. The molecule has 1 amide bonds. The Morgan fingerprint density at radius 1 is 1.14 bits per heavy atom. The fourth-order valence-electron chi connectivity index (χ4n) is 3.16. The van der Waals surface area contributed by atoms with Crippen LogP contribution in [0.2, 0.25) is 0 Å². The third-order valence-corrected chi connectivity index (χ3v) is 4.57. The molecule has 1 fully saturated rings. The van der Waals surface area contributed by atoms with E-state index in [1.165, 1.54) is 6.07 Å². The van der Waals surface area contributed by atoms with Gasteiger partial charge in [-0.05, 0) is 43.7 Å². The first-order chi connectivity index (χ1) is 13.4. The Hall–Kier alpha value is -2.77. The molecule has 0 spiro atoms. The van der Waals surface area contributed by atoms with Crippen LogP contribution in [0.15, 0.2) is 42.6 Å². The van der Waals surface area contributed by atoms with Gasteiger partial charge in [0.15, 0.2) is 0 Å². The fourth-order valence-corrected chi connectivity index (χ4v) is 3.16. The summed E-state index contributed by atoms with van der Waals surface area (Å²) in [7, 11) is 0. The van der Waals surface area contributed by atoms with Crippen LogP contribution in [-0.2, 0) is 6.18 Å². The molecule has 28 heavy (non-hydrogen) atoms. The lowest BCUT2D eigenvalue weighted by molar-refractivity contribution is -0.137. The highest BCUT2D eigenvalue weighted by atomic mass is 19.4. The molecule has 150 valence electrons. The summed E-state index contributed by atoms with van der Waals surface area (Å²) in [6, 6.07) is 9.49. The zero-order valence-electron chi connectivity index (χ0n) is 15.6. The maximum Gasteiger partial charge on any atom is 0.417 e. The Morgan fingerprint density at radius 2 is 1.96 bits per heavy atom. The van der Waals surface area contributed by atoms with Gasteiger partial charge in [0.2, 0.25) is 0 Å². The van der Waals surface area contributed by atoms with Crippen molar-refractivity contribution in [3.05, 3.63) is 53.7 Å². The molecule has 0 unspecified atom stereocenters. The average Bonchev–Trinajstić information content (AvgIpc) is 2.93. The highest BCUT2D eigenvalue weighted by Gasteiger charge is 2.31. The summed E-state index contributed by atoms with van der Waals surface area (Å²) in [5.74, 6) is 1.06. The van der Waals surface area contributed by atoms with E-state index in [1.54, 1.807) is 29.2 Å². The first kappa shape index (κ1) is 20.0. The van der Waals surface area contributed by atoms with Crippen molar-refractivity contribution in [2.45, 2.75) is 19.5 Å². The Kier molecular flexibility index (Phi) is 6.06. The zero-order valence-corrected chi connectivity index (χ0v) is 15.6. The van der Waals surface area contributed by atoms with Crippen molar-refractivity contribution in [3.63, 3.8) is 0 Å². The zero-order chi connectivity index (χ0) is 20.1. The van der Waals surface area contributed by atoms with E-state index in [1.807, 2.05) is 11.8 Å². The van der Waals surface area contributed by atoms with Crippen LogP contribution in [0.25, 0.3) is 0 Å². The van der Waals surface area contributed by atoms with Crippen LogP contribution in [0.5, 0.6) is 5.75 Å². The second kappa shape index (κ2) is 8.50. The average molecular weight is 393 g/mol. The molecular weight excluding hydrogens is 371 g/mol. The quantitative estimate of drug-likeness (QED) is 0.792. The largest absolute Gasteiger partial charge is 0.494 e. The lowest BCUT2D eigenvalue weighted by atomic mass is 10.2. The smallest absolute Gasteiger partial charge is 0.417 e. The van der Waals surface area contributed by atoms with Crippen molar-refractivity contribution in [2.75, 3.05) is 37.7 Å². The van der Waals surface area contributed by atoms with Crippen LogP contribution in [0.1, 0.15) is 29.3 Å². The summed E-state index contributed by atoms with van der Waals surface area (Å²) in [6.07, 6.45) is -2.84. The van der Waals surface area contributed by atoms with Gasteiger partial charge >= 0.3 is 6.18 Å². The first-order valence-electron chi connectivity index (χ1n) is 9.19. The van der Waals surface area contributed by atoms with E-state index >= 15 is 0 Å².